The molecule has 4 nitrogen and oxygen atoms in total. The number of H-pyrrole nitrogens is 1. The number of phenols is 1. The zero-order valence-corrected chi connectivity index (χ0v) is 9.84. The lowest BCUT2D eigenvalue weighted by Crippen LogP contribution is -2.24. The van der Waals surface area contributed by atoms with Gasteiger partial charge in [-0.05, 0) is 30.3 Å². The van der Waals surface area contributed by atoms with E-state index in [4.69, 9.17) is 0 Å². The summed E-state index contributed by atoms with van der Waals surface area (Å²) in [5.41, 5.74) is 1.59. The van der Waals surface area contributed by atoms with Crippen LogP contribution in [0.3, 0.4) is 0 Å². The number of carbonyl (C=O) groups is 1. The van der Waals surface area contributed by atoms with Crippen LogP contribution in [-0.2, 0) is 4.79 Å². The molecule has 0 fully saturated rings. The number of hydrogen-bond acceptors (Lipinski definition) is 2. The minimum Gasteiger partial charge on any atom is -0.508 e. The molecule has 2 N–H and O–H groups in total. The zero-order valence-electron chi connectivity index (χ0n) is 9.84. The second kappa shape index (κ2) is 3.84. The number of fused-ring (bicyclic) bond motifs is 1. The fourth-order valence-corrected chi connectivity index (χ4v) is 2.31. The Hall–Kier alpha value is -2.36. The van der Waals surface area contributed by atoms with Crippen molar-refractivity contribution in [2.75, 3.05) is 0 Å². The molecule has 0 saturated carbocycles. The van der Waals surface area contributed by atoms with Gasteiger partial charge in [0.1, 0.15) is 5.75 Å². The standard InChI is InChI=1S/C14H12N2O2/c1-8(11-3-2-6-15-11)13-10-7-9(17)4-5-12(10)16-14(13)18/h2-8,15,17H,1H3. The smallest absolute Gasteiger partial charge is 0.274 e. The van der Waals surface area contributed by atoms with E-state index < -0.39 is 0 Å². The molecule has 1 aromatic heterocycles. The molecular formula is C14H12N2O2. The van der Waals surface area contributed by atoms with Crippen LogP contribution in [0.2, 0.25) is 0 Å². The molecule has 1 aromatic carbocycles. The molecule has 4 heteroatoms. The lowest BCUT2D eigenvalue weighted by Gasteiger charge is -2.09. The molecule has 0 radical (unpaired) electrons. The molecule has 0 spiro atoms. The number of hydrogen-bond donors (Lipinski definition) is 2. The summed E-state index contributed by atoms with van der Waals surface area (Å²) < 4.78 is 0. The van der Waals surface area contributed by atoms with Gasteiger partial charge >= 0.3 is 0 Å². The van der Waals surface area contributed by atoms with Crippen LogP contribution in [0, 0.1) is 0 Å². The predicted octanol–water partition coefficient (Wildman–Crippen LogP) is 0.835. The Bertz CT molecular complexity index is 730. The molecule has 1 unspecified atom stereocenters. The minimum atomic E-state index is -0.224. The number of carbonyl (C=O) groups excluding carboxylic acids is 1. The van der Waals surface area contributed by atoms with Gasteiger partial charge in [-0.25, -0.2) is 4.99 Å². The van der Waals surface area contributed by atoms with E-state index in [1.807, 2.05) is 25.3 Å². The van der Waals surface area contributed by atoms with Gasteiger partial charge in [0.05, 0.1) is 5.36 Å². The normalized spacial score (nSPS) is 15.4. The highest BCUT2D eigenvalue weighted by Crippen LogP contribution is 2.24. The largest absolute Gasteiger partial charge is 0.508 e. The first kappa shape index (κ1) is 10.8. The number of rotatable bonds is 2. The molecule has 3 rings (SSSR count). The Kier molecular flexibility index (Phi) is 2.30. The number of amides is 1. The van der Waals surface area contributed by atoms with E-state index in [1.165, 1.54) is 6.07 Å². The first-order chi connectivity index (χ1) is 8.66. The highest BCUT2D eigenvalue weighted by atomic mass is 16.3. The summed E-state index contributed by atoms with van der Waals surface area (Å²) in [6.07, 6.45) is 1.83. The number of aromatic amines is 1. The van der Waals surface area contributed by atoms with Gasteiger partial charge in [-0.15, -0.1) is 0 Å². The van der Waals surface area contributed by atoms with Crippen molar-refractivity contribution in [2.45, 2.75) is 12.8 Å². The van der Waals surface area contributed by atoms with Gasteiger partial charge in [0.15, 0.2) is 0 Å². The van der Waals surface area contributed by atoms with Gasteiger partial charge in [0.25, 0.3) is 5.91 Å². The van der Waals surface area contributed by atoms with Gasteiger partial charge in [0, 0.05) is 28.6 Å². The molecule has 0 saturated heterocycles. The van der Waals surface area contributed by atoms with Crippen molar-refractivity contribution >= 4 is 11.5 Å². The summed E-state index contributed by atoms with van der Waals surface area (Å²) in [6.45, 7) is 1.95. The second-order valence-corrected chi connectivity index (χ2v) is 4.38. The molecule has 0 aliphatic carbocycles. The van der Waals surface area contributed by atoms with E-state index in [0.29, 0.717) is 10.9 Å². The number of phenolic OH excluding ortho intramolecular Hbond substituents is 1. The highest BCUT2D eigenvalue weighted by Gasteiger charge is 2.23. The summed E-state index contributed by atoms with van der Waals surface area (Å²) in [6, 6.07) is 8.63. The molecule has 1 aliphatic heterocycles. The third-order valence-electron chi connectivity index (χ3n) is 3.24. The molecule has 2 aromatic rings. The molecule has 1 aliphatic rings. The second-order valence-electron chi connectivity index (χ2n) is 4.38. The van der Waals surface area contributed by atoms with Crippen LogP contribution in [0.15, 0.2) is 41.5 Å². The van der Waals surface area contributed by atoms with Gasteiger partial charge in [-0.1, -0.05) is 6.92 Å². The van der Waals surface area contributed by atoms with Crippen LogP contribution in [0.25, 0.3) is 5.57 Å². The maximum absolute atomic E-state index is 12.0. The Balaban J connectivity index is 2.25. The average molecular weight is 240 g/mol. The Morgan fingerprint density at radius 1 is 1.33 bits per heavy atom. The van der Waals surface area contributed by atoms with Crippen molar-refractivity contribution in [2.24, 2.45) is 4.99 Å². The summed E-state index contributed by atoms with van der Waals surface area (Å²) in [5, 5.41) is 10.9. The van der Waals surface area contributed by atoms with E-state index in [0.717, 1.165) is 10.9 Å². The van der Waals surface area contributed by atoms with Gasteiger partial charge in [-0.2, -0.15) is 0 Å². The highest BCUT2D eigenvalue weighted by molar-refractivity contribution is 6.17. The van der Waals surface area contributed by atoms with Crippen molar-refractivity contribution in [3.05, 3.63) is 52.8 Å². The summed E-state index contributed by atoms with van der Waals surface area (Å²) in [4.78, 5) is 19.1. The van der Waals surface area contributed by atoms with E-state index in [9.17, 15) is 9.90 Å². The first-order valence-electron chi connectivity index (χ1n) is 5.76. The van der Waals surface area contributed by atoms with E-state index in [1.54, 1.807) is 12.1 Å². The Labute approximate surface area is 103 Å². The van der Waals surface area contributed by atoms with Crippen molar-refractivity contribution in [1.29, 1.82) is 0 Å². The molecule has 0 bridgehead atoms. The minimum absolute atomic E-state index is 0.0701. The van der Waals surface area contributed by atoms with Crippen LogP contribution < -0.4 is 10.6 Å². The van der Waals surface area contributed by atoms with Gasteiger partial charge < -0.3 is 10.1 Å². The Morgan fingerprint density at radius 3 is 2.89 bits per heavy atom. The van der Waals surface area contributed by atoms with Crippen LogP contribution in [0.4, 0.5) is 0 Å². The number of benzene rings is 1. The molecule has 90 valence electrons. The lowest BCUT2D eigenvalue weighted by atomic mass is 9.96. The maximum Gasteiger partial charge on any atom is 0.274 e. The lowest BCUT2D eigenvalue weighted by molar-refractivity contribution is -0.112. The summed E-state index contributed by atoms with van der Waals surface area (Å²) in [5.74, 6) is -0.146. The van der Waals surface area contributed by atoms with Gasteiger partial charge in [-0.3, -0.25) is 4.79 Å². The molecule has 1 amide bonds. The third kappa shape index (κ3) is 1.54. The number of aromatic hydroxyl groups is 1. The van der Waals surface area contributed by atoms with Gasteiger partial charge in [0.2, 0.25) is 0 Å². The third-order valence-corrected chi connectivity index (χ3v) is 3.24. The maximum atomic E-state index is 12.0. The fourth-order valence-electron chi connectivity index (χ4n) is 2.31. The van der Waals surface area contributed by atoms with Crippen LogP contribution >= 0.6 is 0 Å². The number of nitrogens with zero attached hydrogens (tertiary/aromatic N) is 1. The van der Waals surface area contributed by atoms with Crippen molar-refractivity contribution in [1.82, 2.24) is 4.98 Å². The van der Waals surface area contributed by atoms with Crippen molar-refractivity contribution in [3.8, 4) is 5.75 Å². The van der Waals surface area contributed by atoms with E-state index in [2.05, 4.69) is 9.98 Å². The van der Waals surface area contributed by atoms with E-state index in [-0.39, 0.29) is 17.6 Å². The van der Waals surface area contributed by atoms with Crippen molar-refractivity contribution < 1.29 is 9.90 Å². The van der Waals surface area contributed by atoms with Crippen LogP contribution in [0.1, 0.15) is 18.5 Å². The average Bonchev–Trinajstić information content (AvgIpc) is 2.94. The molecule has 1 atom stereocenters. The topological polar surface area (TPSA) is 65.5 Å². The Morgan fingerprint density at radius 2 is 2.17 bits per heavy atom. The monoisotopic (exact) mass is 240 g/mol. The van der Waals surface area contributed by atoms with Crippen LogP contribution in [-0.4, -0.2) is 16.0 Å². The summed E-state index contributed by atoms with van der Waals surface area (Å²) in [7, 11) is 0. The zero-order chi connectivity index (χ0) is 12.7. The van der Waals surface area contributed by atoms with Crippen LogP contribution in [0.5, 0.6) is 5.75 Å². The molecule has 18 heavy (non-hydrogen) atoms. The summed E-state index contributed by atoms with van der Waals surface area (Å²) >= 11 is 0. The predicted molar refractivity (Wildman–Crippen MR) is 66.5 cm³/mol. The number of nitrogens with one attached hydrogen (secondary N) is 1. The molecular weight excluding hydrogens is 228 g/mol. The molecule has 2 heterocycles. The fraction of sp³-hybridized carbons (Fsp3) is 0.143. The SMILES string of the molecule is CC(C1=c2cc(O)ccc2=NC1=O)c1ccc[nH]1. The number of aromatic nitrogens is 1. The quantitative estimate of drug-likeness (QED) is 0.816. The van der Waals surface area contributed by atoms with Crippen molar-refractivity contribution in [3.63, 3.8) is 0 Å². The first-order valence-corrected chi connectivity index (χ1v) is 5.76. The van der Waals surface area contributed by atoms with E-state index >= 15 is 0 Å².